The Morgan fingerprint density at radius 2 is 1.87 bits per heavy atom. The molecule has 0 aliphatic carbocycles. The molecule has 0 radical (unpaired) electrons. The van der Waals surface area contributed by atoms with Crippen LogP contribution in [0.3, 0.4) is 0 Å². The van der Waals surface area contributed by atoms with Gasteiger partial charge in [-0.05, 0) is 48.7 Å². The summed E-state index contributed by atoms with van der Waals surface area (Å²) in [5.74, 6) is 0.671. The number of hydrogen-bond donors (Lipinski definition) is 1. The van der Waals surface area contributed by atoms with Crippen molar-refractivity contribution >= 4 is 11.0 Å². The largest absolute Gasteiger partial charge is 0.508 e. The minimum atomic E-state index is -1.24. The van der Waals surface area contributed by atoms with E-state index >= 15 is 0 Å². The lowest BCUT2D eigenvalue weighted by molar-refractivity contribution is 0.418. The Hall–Kier alpha value is -1.72. The maximum absolute atomic E-state index is 12.8. The highest BCUT2D eigenvalue weighted by atomic mass is 32.2. The van der Waals surface area contributed by atoms with Gasteiger partial charge in [0, 0.05) is 12.7 Å². The molecule has 124 valence electrons. The Morgan fingerprint density at radius 1 is 1.17 bits per heavy atom. The van der Waals surface area contributed by atoms with Crippen molar-refractivity contribution in [2.75, 3.05) is 6.54 Å². The minimum Gasteiger partial charge on any atom is -0.508 e. The van der Waals surface area contributed by atoms with E-state index in [-0.39, 0.29) is 11.8 Å². The smallest absolute Gasteiger partial charge is 0.128 e. The second-order valence-electron chi connectivity index (χ2n) is 5.45. The van der Waals surface area contributed by atoms with E-state index in [1.54, 1.807) is 30.5 Å². The highest BCUT2D eigenvalue weighted by Crippen LogP contribution is 2.36. The molecule has 3 rings (SSSR count). The minimum absolute atomic E-state index is 0.0795. The Balaban J connectivity index is 0.000000924. The summed E-state index contributed by atoms with van der Waals surface area (Å²) in [5.41, 5.74) is 0.967. The molecule has 0 amide bonds. The third-order valence-electron chi connectivity index (χ3n) is 3.75. The number of nitrogens with zero attached hydrogens (tertiary/aromatic N) is 2. The van der Waals surface area contributed by atoms with E-state index in [1.165, 1.54) is 0 Å². The molecule has 1 saturated heterocycles. The van der Waals surface area contributed by atoms with Crippen LogP contribution in [-0.2, 0) is 11.0 Å². The molecule has 0 saturated carbocycles. The first kappa shape index (κ1) is 17.6. The molecule has 0 spiro atoms. The van der Waals surface area contributed by atoms with E-state index in [0.29, 0.717) is 10.8 Å². The van der Waals surface area contributed by atoms with Crippen LogP contribution in [0.1, 0.15) is 38.9 Å². The molecular weight excluding hydrogens is 308 g/mol. The van der Waals surface area contributed by atoms with Gasteiger partial charge in [0.05, 0.1) is 16.6 Å². The van der Waals surface area contributed by atoms with Crippen LogP contribution in [0, 0.1) is 5.92 Å². The first-order valence-electron chi connectivity index (χ1n) is 8.03. The van der Waals surface area contributed by atoms with Gasteiger partial charge in [-0.1, -0.05) is 26.8 Å². The fraction of sp³-hybridized carbons (Fsp3) is 0.389. The molecule has 3 atom stereocenters. The van der Waals surface area contributed by atoms with Crippen LogP contribution < -0.4 is 0 Å². The molecule has 1 N–H and O–H groups in total. The Bertz CT molecular complexity index is 631. The third-order valence-corrected chi connectivity index (χ3v) is 5.25. The molecule has 5 heteroatoms. The zero-order chi connectivity index (χ0) is 16.8. The number of aromatic hydroxyl groups is 1. The molecule has 1 aromatic heterocycles. The Labute approximate surface area is 140 Å². The topological polar surface area (TPSA) is 53.4 Å². The molecule has 23 heavy (non-hydrogen) atoms. The van der Waals surface area contributed by atoms with Crippen LogP contribution in [0.25, 0.3) is 0 Å². The lowest BCUT2D eigenvalue weighted by Crippen LogP contribution is -2.26. The maximum Gasteiger partial charge on any atom is 0.128 e. The van der Waals surface area contributed by atoms with Crippen molar-refractivity contribution in [1.29, 1.82) is 0 Å². The first-order valence-corrected chi connectivity index (χ1v) is 9.14. The monoisotopic (exact) mass is 332 g/mol. The number of benzene rings is 1. The van der Waals surface area contributed by atoms with Crippen LogP contribution in [0.15, 0.2) is 53.6 Å². The number of aromatic nitrogens is 1. The zero-order valence-corrected chi connectivity index (χ0v) is 14.7. The fourth-order valence-corrected chi connectivity index (χ4v) is 4.18. The van der Waals surface area contributed by atoms with E-state index in [1.807, 2.05) is 36.4 Å². The highest BCUT2D eigenvalue weighted by Gasteiger charge is 2.35. The van der Waals surface area contributed by atoms with E-state index < -0.39 is 11.0 Å². The standard InChI is InChI=1S/C16H18N2O2S.C2H6/c1-12-10-16(15-4-2-3-9-17-15)18(11-12)21(20)14-7-5-13(19)6-8-14;1-2/h2-9,12,16,19H,10-11H2,1H3;1-2H3/t12-,16?,21?;/m0./s1. The molecule has 1 fully saturated rings. The average molecular weight is 332 g/mol. The van der Waals surface area contributed by atoms with Crippen molar-refractivity contribution in [2.45, 2.75) is 38.1 Å². The maximum atomic E-state index is 12.8. The summed E-state index contributed by atoms with van der Waals surface area (Å²) in [4.78, 5) is 5.13. The average Bonchev–Trinajstić information content (AvgIpc) is 2.99. The lowest BCUT2D eigenvalue weighted by Gasteiger charge is -2.22. The summed E-state index contributed by atoms with van der Waals surface area (Å²) in [5, 5.41) is 9.35. The van der Waals surface area contributed by atoms with Gasteiger partial charge in [-0.3, -0.25) is 4.98 Å². The molecule has 1 aliphatic heterocycles. The van der Waals surface area contributed by atoms with Gasteiger partial charge in [0.25, 0.3) is 0 Å². The van der Waals surface area contributed by atoms with Gasteiger partial charge in [0.15, 0.2) is 0 Å². The van der Waals surface area contributed by atoms with E-state index in [0.717, 1.165) is 18.7 Å². The summed E-state index contributed by atoms with van der Waals surface area (Å²) in [6.45, 7) is 6.96. The molecule has 2 aromatic rings. The molecule has 2 heterocycles. The molecule has 0 bridgehead atoms. The lowest BCUT2D eigenvalue weighted by atomic mass is 10.1. The molecule has 4 nitrogen and oxygen atoms in total. The van der Waals surface area contributed by atoms with Crippen molar-refractivity contribution in [3.8, 4) is 5.75 Å². The summed E-state index contributed by atoms with van der Waals surface area (Å²) in [7, 11) is -1.24. The predicted molar refractivity (Wildman–Crippen MR) is 93.3 cm³/mol. The van der Waals surface area contributed by atoms with E-state index in [4.69, 9.17) is 0 Å². The molecule has 2 unspecified atom stereocenters. The van der Waals surface area contributed by atoms with Gasteiger partial charge in [-0.2, -0.15) is 0 Å². The quantitative estimate of drug-likeness (QED) is 0.927. The fourth-order valence-electron chi connectivity index (χ4n) is 2.73. The van der Waals surface area contributed by atoms with Gasteiger partial charge < -0.3 is 5.11 Å². The Morgan fingerprint density at radius 3 is 2.48 bits per heavy atom. The van der Waals surface area contributed by atoms with Gasteiger partial charge >= 0.3 is 0 Å². The number of phenolic OH excluding ortho intramolecular Hbond substituents is 1. The second kappa shape index (κ2) is 8.22. The van der Waals surface area contributed by atoms with Crippen molar-refractivity contribution in [3.63, 3.8) is 0 Å². The van der Waals surface area contributed by atoms with Gasteiger partial charge in [-0.25, -0.2) is 8.51 Å². The third kappa shape index (κ3) is 4.18. The van der Waals surface area contributed by atoms with Crippen molar-refractivity contribution in [1.82, 2.24) is 9.29 Å². The highest BCUT2D eigenvalue weighted by molar-refractivity contribution is 7.82. The number of rotatable bonds is 3. The zero-order valence-electron chi connectivity index (χ0n) is 13.8. The Kier molecular flexibility index (Phi) is 6.30. The molecular formula is C18H24N2O2S. The first-order chi connectivity index (χ1) is 11.1. The van der Waals surface area contributed by atoms with E-state index in [9.17, 15) is 9.32 Å². The summed E-state index contributed by atoms with van der Waals surface area (Å²) >= 11 is 0. The van der Waals surface area contributed by atoms with Gasteiger partial charge in [0.1, 0.15) is 16.7 Å². The van der Waals surface area contributed by atoms with Crippen molar-refractivity contribution in [2.24, 2.45) is 5.92 Å². The number of phenols is 1. The van der Waals surface area contributed by atoms with Crippen LogP contribution in [0.5, 0.6) is 5.75 Å². The van der Waals surface area contributed by atoms with Crippen molar-refractivity contribution in [3.05, 3.63) is 54.4 Å². The predicted octanol–water partition coefficient (Wildman–Crippen LogP) is 3.92. The number of pyridine rings is 1. The van der Waals surface area contributed by atoms with Crippen molar-refractivity contribution < 1.29 is 9.32 Å². The van der Waals surface area contributed by atoms with Crippen LogP contribution >= 0.6 is 0 Å². The van der Waals surface area contributed by atoms with Gasteiger partial charge in [0.2, 0.25) is 0 Å². The summed E-state index contributed by atoms with van der Waals surface area (Å²) in [6.07, 6.45) is 2.74. The summed E-state index contributed by atoms with van der Waals surface area (Å²) < 4.78 is 14.8. The number of hydrogen-bond acceptors (Lipinski definition) is 3. The van der Waals surface area contributed by atoms with Crippen LogP contribution in [0.4, 0.5) is 0 Å². The van der Waals surface area contributed by atoms with Gasteiger partial charge in [-0.15, -0.1) is 0 Å². The van der Waals surface area contributed by atoms with Crippen LogP contribution in [-0.4, -0.2) is 25.1 Å². The SMILES string of the molecule is CC.C[C@H]1CC(c2ccccn2)N(S(=O)c2ccc(O)cc2)C1. The normalized spacial score (nSPS) is 22.2. The molecule has 1 aromatic carbocycles. The summed E-state index contributed by atoms with van der Waals surface area (Å²) in [6, 6.07) is 12.5. The molecule has 1 aliphatic rings. The van der Waals surface area contributed by atoms with Crippen LogP contribution in [0.2, 0.25) is 0 Å². The second-order valence-corrected chi connectivity index (χ2v) is 6.89. The van der Waals surface area contributed by atoms with E-state index in [2.05, 4.69) is 11.9 Å².